The smallest absolute Gasteiger partial charge is 0.156 e. The van der Waals surface area contributed by atoms with Crippen molar-refractivity contribution in [2.75, 3.05) is 6.54 Å². The third kappa shape index (κ3) is 2.18. The monoisotopic (exact) mass is 319 g/mol. The van der Waals surface area contributed by atoms with E-state index < -0.39 is 0 Å². The number of nitrogens with two attached hydrogens (primary N) is 1. The predicted molar refractivity (Wildman–Crippen MR) is 72.0 cm³/mol. The molecule has 16 heavy (non-hydrogen) atoms. The second-order valence-electron chi connectivity index (χ2n) is 3.37. The van der Waals surface area contributed by atoms with E-state index in [4.69, 9.17) is 17.3 Å². The minimum Gasteiger partial charge on any atom is -0.330 e. The van der Waals surface area contributed by atoms with Crippen LogP contribution in [-0.4, -0.2) is 16.1 Å². The average Bonchev–Trinajstić information content (AvgIpc) is 2.74. The van der Waals surface area contributed by atoms with Crippen LogP contribution in [0.2, 0.25) is 5.15 Å². The Kier molecular flexibility index (Phi) is 3.69. The molecule has 2 N–H and O–H groups in total. The van der Waals surface area contributed by atoms with Crippen LogP contribution < -0.4 is 5.73 Å². The van der Waals surface area contributed by atoms with Crippen LogP contribution in [0.3, 0.4) is 0 Å². The zero-order valence-corrected chi connectivity index (χ0v) is 11.9. The molecule has 0 spiro atoms. The van der Waals surface area contributed by atoms with Crippen LogP contribution >= 0.6 is 38.9 Å². The molecule has 0 saturated carbocycles. The van der Waals surface area contributed by atoms with Crippen molar-refractivity contribution in [3.05, 3.63) is 26.9 Å². The topological polar surface area (TPSA) is 43.8 Å². The number of imidazole rings is 1. The summed E-state index contributed by atoms with van der Waals surface area (Å²) in [4.78, 5) is 5.43. The first-order valence-electron chi connectivity index (χ1n) is 4.80. The summed E-state index contributed by atoms with van der Waals surface area (Å²) in [7, 11) is 1.97. The second kappa shape index (κ2) is 4.87. The van der Waals surface area contributed by atoms with Gasteiger partial charge in [0.15, 0.2) is 5.15 Å². The molecule has 0 aliphatic heterocycles. The van der Waals surface area contributed by atoms with Crippen molar-refractivity contribution in [1.82, 2.24) is 9.55 Å². The Labute approximate surface area is 111 Å². The Morgan fingerprint density at radius 2 is 2.31 bits per heavy atom. The van der Waals surface area contributed by atoms with Gasteiger partial charge in [-0.3, -0.25) is 0 Å². The molecule has 0 radical (unpaired) electrons. The second-order valence-corrected chi connectivity index (χ2v) is 6.19. The molecule has 0 unspecified atom stereocenters. The van der Waals surface area contributed by atoms with Crippen LogP contribution in [-0.2, 0) is 13.5 Å². The van der Waals surface area contributed by atoms with Gasteiger partial charge in [-0.25, -0.2) is 4.98 Å². The van der Waals surface area contributed by atoms with Crippen molar-refractivity contribution >= 4 is 38.9 Å². The van der Waals surface area contributed by atoms with Crippen LogP contribution in [0.15, 0.2) is 15.9 Å². The largest absolute Gasteiger partial charge is 0.330 e. The van der Waals surface area contributed by atoms with Crippen LogP contribution in [0, 0.1) is 0 Å². The molecule has 2 heterocycles. The minimum absolute atomic E-state index is 0.542. The predicted octanol–water partition coefficient (Wildman–Crippen LogP) is 3.07. The first-order chi connectivity index (χ1) is 7.63. The third-order valence-electron chi connectivity index (χ3n) is 2.32. The number of hydrogen-bond acceptors (Lipinski definition) is 3. The first-order valence-corrected chi connectivity index (χ1v) is 6.79. The third-order valence-corrected chi connectivity index (χ3v) is 4.21. The maximum Gasteiger partial charge on any atom is 0.156 e. The Bertz CT molecular complexity index is 506. The van der Waals surface area contributed by atoms with E-state index in [0.29, 0.717) is 11.7 Å². The van der Waals surface area contributed by atoms with Crippen molar-refractivity contribution in [2.45, 2.75) is 6.42 Å². The molecular weight excluding hydrogens is 310 g/mol. The van der Waals surface area contributed by atoms with Gasteiger partial charge in [0, 0.05) is 13.5 Å². The number of hydrogen-bond donors (Lipinski definition) is 1. The van der Waals surface area contributed by atoms with Crippen molar-refractivity contribution in [3.63, 3.8) is 0 Å². The summed E-state index contributed by atoms with van der Waals surface area (Å²) < 4.78 is 3.09. The molecule has 0 aromatic carbocycles. The number of aromatic nitrogens is 2. The molecule has 0 aliphatic rings. The fourth-order valence-corrected chi connectivity index (χ4v) is 3.42. The van der Waals surface area contributed by atoms with Gasteiger partial charge in [0.05, 0.1) is 14.4 Å². The Hall–Kier alpha value is -0.360. The fraction of sp³-hybridized carbons (Fsp3) is 0.300. The molecule has 0 atom stereocenters. The quantitative estimate of drug-likeness (QED) is 0.944. The zero-order valence-electron chi connectivity index (χ0n) is 8.70. The molecule has 3 nitrogen and oxygen atoms in total. The van der Waals surface area contributed by atoms with Gasteiger partial charge >= 0.3 is 0 Å². The van der Waals surface area contributed by atoms with E-state index in [1.807, 2.05) is 23.7 Å². The highest BCUT2D eigenvalue weighted by atomic mass is 79.9. The van der Waals surface area contributed by atoms with E-state index in [9.17, 15) is 0 Å². The van der Waals surface area contributed by atoms with Gasteiger partial charge in [-0.2, -0.15) is 0 Å². The molecule has 6 heteroatoms. The van der Waals surface area contributed by atoms with E-state index >= 15 is 0 Å². The molecule has 0 amide bonds. The van der Waals surface area contributed by atoms with Crippen molar-refractivity contribution in [2.24, 2.45) is 12.8 Å². The fourth-order valence-electron chi connectivity index (χ4n) is 1.57. The van der Waals surface area contributed by atoms with E-state index in [0.717, 1.165) is 26.6 Å². The Morgan fingerprint density at radius 1 is 1.56 bits per heavy atom. The standard InChI is InChI=1S/C10H11BrClN3S/c1-15-8(4-5-13)14-10(12)9(15)6-2-3-7(11)16-6/h2-3H,4-5,13H2,1H3. The molecule has 0 fully saturated rings. The van der Waals surface area contributed by atoms with Gasteiger partial charge in [-0.05, 0) is 34.6 Å². The van der Waals surface area contributed by atoms with Gasteiger partial charge < -0.3 is 10.3 Å². The van der Waals surface area contributed by atoms with Crippen molar-refractivity contribution < 1.29 is 0 Å². The lowest BCUT2D eigenvalue weighted by Crippen LogP contribution is -2.08. The number of nitrogens with zero attached hydrogens (tertiary/aromatic N) is 2. The Morgan fingerprint density at radius 3 is 2.88 bits per heavy atom. The van der Waals surface area contributed by atoms with Gasteiger partial charge in [0.1, 0.15) is 5.82 Å². The normalized spacial score (nSPS) is 11.0. The van der Waals surface area contributed by atoms with Gasteiger partial charge in [0.25, 0.3) is 0 Å². The summed E-state index contributed by atoms with van der Waals surface area (Å²) in [5.41, 5.74) is 6.49. The summed E-state index contributed by atoms with van der Waals surface area (Å²) >= 11 is 11.2. The minimum atomic E-state index is 0.542. The summed E-state index contributed by atoms with van der Waals surface area (Å²) in [6.07, 6.45) is 0.739. The highest BCUT2D eigenvalue weighted by Crippen LogP contribution is 2.35. The van der Waals surface area contributed by atoms with Gasteiger partial charge in [0.2, 0.25) is 0 Å². The summed E-state index contributed by atoms with van der Waals surface area (Å²) in [5, 5.41) is 0.542. The lowest BCUT2D eigenvalue weighted by molar-refractivity contribution is 0.783. The molecule has 2 rings (SSSR count). The summed E-state index contributed by atoms with van der Waals surface area (Å²) in [6, 6.07) is 4.04. The maximum atomic E-state index is 6.15. The Balaban J connectivity index is 2.48. The molecule has 0 bridgehead atoms. The molecule has 0 aliphatic carbocycles. The highest BCUT2D eigenvalue weighted by molar-refractivity contribution is 9.11. The zero-order chi connectivity index (χ0) is 11.7. The molecule has 0 saturated heterocycles. The summed E-state index contributed by atoms with van der Waals surface area (Å²) in [6.45, 7) is 0.578. The van der Waals surface area contributed by atoms with Crippen molar-refractivity contribution in [3.8, 4) is 10.6 Å². The van der Waals surface area contributed by atoms with Gasteiger partial charge in [-0.15, -0.1) is 11.3 Å². The lowest BCUT2D eigenvalue weighted by Gasteiger charge is -2.02. The van der Waals surface area contributed by atoms with E-state index in [1.54, 1.807) is 11.3 Å². The van der Waals surface area contributed by atoms with Crippen LogP contribution in [0.1, 0.15) is 5.82 Å². The van der Waals surface area contributed by atoms with Crippen LogP contribution in [0.4, 0.5) is 0 Å². The highest BCUT2D eigenvalue weighted by Gasteiger charge is 2.15. The number of halogens is 2. The average molecular weight is 321 g/mol. The van der Waals surface area contributed by atoms with E-state index in [1.165, 1.54) is 0 Å². The van der Waals surface area contributed by atoms with Gasteiger partial charge in [-0.1, -0.05) is 11.6 Å². The molecule has 2 aromatic rings. The van der Waals surface area contributed by atoms with Crippen LogP contribution in [0.25, 0.3) is 10.6 Å². The maximum absolute atomic E-state index is 6.15. The van der Waals surface area contributed by atoms with E-state index in [2.05, 4.69) is 20.9 Å². The lowest BCUT2D eigenvalue weighted by atomic mass is 10.3. The molecule has 86 valence electrons. The molecular formula is C10H11BrClN3S. The van der Waals surface area contributed by atoms with Crippen LogP contribution in [0.5, 0.6) is 0 Å². The molecule has 2 aromatic heterocycles. The SMILES string of the molecule is Cn1c(CCN)nc(Cl)c1-c1ccc(Br)s1. The van der Waals surface area contributed by atoms with Crippen molar-refractivity contribution in [1.29, 1.82) is 0 Å². The first kappa shape index (κ1) is 12.1. The number of rotatable bonds is 3. The number of thiophene rings is 1. The van der Waals surface area contributed by atoms with E-state index in [-0.39, 0.29) is 0 Å². The summed E-state index contributed by atoms with van der Waals surface area (Å²) in [5.74, 6) is 0.923.